The zero-order chi connectivity index (χ0) is 19.7. The average molecular weight is 391 g/mol. The molecule has 0 amide bonds. The summed E-state index contributed by atoms with van der Waals surface area (Å²) >= 11 is 1.38. The molecule has 2 aromatic rings. The first-order valence-electron chi connectivity index (χ1n) is 8.76. The Kier molecular flexibility index (Phi) is 5.31. The summed E-state index contributed by atoms with van der Waals surface area (Å²) in [5.41, 5.74) is 5.35. The molecule has 0 unspecified atom stereocenters. The van der Waals surface area contributed by atoms with E-state index in [1.165, 1.54) is 27.8 Å². The number of nitrogens with zero attached hydrogens (tertiary/aromatic N) is 2. The summed E-state index contributed by atoms with van der Waals surface area (Å²) in [6.07, 6.45) is 3.60. The van der Waals surface area contributed by atoms with Gasteiger partial charge in [-0.3, -0.25) is 18.7 Å². The highest BCUT2D eigenvalue weighted by Crippen LogP contribution is 2.30. The van der Waals surface area contributed by atoms with Gasteiger partial charge in [0.05, 0.1) is 0 Å². The zero-order valence-corrected chi connectivity index (χ0v) is 16.1. The van der Waals surface area contributed by atoms with Gasteiger partial charge in [-0.2, -0.15) is 0 Å². The van der Waals surface area contributed by atoms with Crippen molar-refractivity contribution in [1.29, 1.82) is 0 Å². The lowest BCUT2D eigenvalue weighted by atomic mass is 10.2. The molecule has 0 fully saturated rings. The number of thiophene rings is 1. The Morgan fingerprint density at radius 1 is 1.30 bits per heavy atom. The van der Waals surface area contributed by atoms with Gasteiger partial charge >= 0.3 is 11.7 Å². The van der Waals surface area contributed by atoms with Crippen LogP contribution < -0.4 is 17.0 Å². The molecule has 3 rings (SSSR count). The predicted molar refractivity (Wildman–Crippen MR) is 102 cm³/mol. The molecule has 144 valence electrons. The minimum Gasteiger partial charge on any atom is -0.453 e. The standard InChI is InChI=1S/C18H21N3O5S/c1-3-7-21-15(19)14(16(23)20(2)18(21)25)11(22)9-26-17(24)13-8-10-5-4-6-12(10)27-13/h8H,3-7,9,19H2,1-2H3. The molecule has 0 saturated carbocycles. The fourth-order valence-corrected chi connectivity index (χ4v) is 4.34. The second-order valence-electron chi connectivity index (χ2n) is 6.47. The first-order chi connectivity index (χ1) is 12.8. The van der Waals surface area contributed by atoms with Crippen LogP contribution in [0.3, 0.4) is 0 Å². The van der Waals surface area contributed by atoms with Gasteiger partial charge in [-0.05, 0) is 37.3 Å². The monoisotopic (exact) mass is 391 g/mol. The van der Waals surface area contributed by atoms with Crippen LogP contribution in [0, 0.1) is 0 Å². The van der Waals surface area contributed by atoms with Crippen LogP contribution in [0.4, 0.5) is 5.82 Å². The Balaban J connectivity index is 1.80. The lowest BCUT2D eigenvalue weighted by molar-refractivity contribution is 0.0479. The molecule has 2 heterocycles. The number of Topliss-reactive ketones (excluding diaryl/α,β-unsaturated/α-hetero) is 1. The molecule has 2 aromatic heterocycles. The quantitative estimate of drug-likeness (QED) is 0.583. The summed E-state index contributed by atoms with van der Waals surface area (Å²) in [6.45, 7) is 1.52. The molecule has 0 bridgehead atoms. The fourth-order valence-electron chi connectivity index (χ4n) is 3.19. The van der Waals surface area contributed by atoms with Crippen LogP contribution in [0.2, 0.25) is 0 Å². The molecule has 0 spiro atoms. The Labute approximate surface area is 159 Å². The van der Waals surface area contributed by atoms with Gasteiger partial charge in [0, 0.05) is 18.5 Å². The number of hydrogen-bond donors (Lipinski definition) is 1. The number of carbonyl (C=O) groups is 2. The van der Waals surface area contributed by atoms with E-state index < -0.39 is 29.6 Å². The van der Waals surface area contributed by atoms with Gasteiger partial charge in [0.15, 0.2) is 6.61 Å². The lowest BCUT2D eigenvalue weighted by Gasteiger charge is -2.13. The van der Waals surface area contributed by atoms with Crippen LogP contribution in [0.15, 0.2) is 15.7 Å². The summed E-state index contributed by atoms with van der Waals surface area (Å²) in [4.78, 5) is 50.8. The maximum atomic E-state index is 12.5. The Morgan fingerprint density at radius 2 is 2.04 bits per heavy atom. The number of aryl methyl sites for hydroxylation is 2. The van der Waals surface area contributed by atoms with Gasteiger partial charge in [-0.15, -0.1) is 11.3 Å². The van der Waals surface area contributed by atoms with E-state index in [1.54, 1.807) is 6.07 Å². The van der Waals surface area contributed by atoms with Crippen molar-refractivity contribution >= 4 is 28.9 Å². The van der Waals surface area contributed by atoms with Gasteiger partial charge in [0.1, 0.15) is 16.3 Å². The van der Waals surface area contributed by atoms with Crippen molar-refractivity contribution in [3.8, 4) is 0 Å². The number of ether oxygens (including phenoxy) is 1. The molecule has 1 aliphatic rings. The highest BCUT2D eigenvalue weighted by Gasteiger charge is 2.24. The van der Waals surface area contributed by atoms with Crippen molar-refractivity contribution in [1.82, 2.24) is 9.13 Å². The van der Waals surface area contributed by atoms with E-state index in [0.29, 0.717) is 11.3 Å². The zero-order valence-electron chi connectivity index (χ0n) is 15.2. The van der Waals surface area contributed by atoms with Crippen LogP contribution in [0.1, 0.15) is 50.2 Å². The summed E-state index contributed by atoms with van der Waals surface area (Å²) in [6, 6.07) is 1.80. The number of nitrogens with two attached hydrogens (primary N) is 1. The Hall–Kier alpha value is -2.68. The SMILES string of the molecule is CCCn1c(N)c(C(=O)COC(=O)c2cc3c(s2)CCC3)c(=O)n(C)c1=O. The Bertz CT molecular complexity index is 1010. The van der Waals surface area contributed by atoms with E-state index in [2.05, 4.69) is 0 Å². The van der Waals surface area contributed by atoms with E-state index in [4.69, 9.17) is 10.5 Å². The number of hydrogen-bond acceptors (Lipinski definition) is 7. The largest absolute Gasteiger partial charge is 0.453 e. The maximum Gasteiger partial charge on any atom is 0.348 e. The number of nitrogen functional groups attached to an aromatic ring is 1. The van der Waals surface area contributed by atoms with Crippen LogP contribution in [-0.4, -0.2) is 27.5 Å². The minimum absolute atomic E-state index is 0.193. The minimum atomic E-state index is -0.791. The highest BCUT2D eigenvalue weighted by atomic mass is 32.1. The number of ketones is 1. The number of esters is 1. The lowest BCUT2D eigenvalue weighted by Crippen LogP contribution is -2.43. The Morgan fingerprint density at radius 3 is 2.70 bits per heavy atom. The molecule has 0 saturated heterocycles. The third-order valence-corrected chi connectivity index (χ3v) is 5.81. The second-order valence-corrected chi connectivity index (χ2v) is 7.61. The second kappa shape index (κ2) is 7.51. The molecule has 9 heteroatoms. The molecule has 1 aliphatic carbocycles. The van der Waals surface area contributed by atoms with E-state index in [9.17, 15) is 19.2 Å². The molecule has 0 aromatic carbocycles. The summed E-state index contributed by atoms with van der Waals surface area (Å²) in [5, 5.41) is 0. The first-order valence-corrected chi connectivity index (χ1v) is 9.58. The van der Waals surface area contributed by atoms with Crippen molar-refractivity contribution < 1.29 is 14.3 Å². The van der Waals surface area contributed by atoms with Crippen molar-refractivity contribution in [2.75, 3.05) is 12.3 Å². The molecule has 0 radical (unpaired) electrons. The van der Waals surface area contributed by atoms with E-state index in [0.717, 1.165) is 29.4 Å². The molecular weight excluding hydrogens is 370 g/mol. The number of fused-ring (bicyclic) bond motifs is 1. The van der Waals surface area contributed by atoms with Crippen LogP contribution >= 0.6 is 11.3 Å². The molecule has 0 aliphatic heterocycles. The highest BCUT2D eigenvalue weighted by molar-refractivity contribution is 7.14. The van der Waals surface area contributed by atoms with Gasteiger partial charge < -0.3 is 10.5 Å². The van der Waals surface area contributed by atoms with Gasteiger partial charge in [-0.25, -0.2) is 9.59 Å². The number of anilines is 1. The van der Waals surface area contributed by atoms with Crippen LogP contribution in [-0.2, 0) is 31.2 Å². The topological polar surface area (TPSA) is 113 Å². The first kappa shape index (κ1) is 19.1. The fraction of sp³-hybridized carbons (Fsp3) is 0.444. The van der Waals surface area contributed by atoms with E-state index in [-0.39, 0.29) is 17.9 Å². The van der Waals surface area contributed by atoms with Gasteiger partial charge in [0.2, 0.25) is 5.78 Å². The third kappa shape index (κ3) is 3.46. The average Bonchev–Trinajstić information content (AvgIpc) is 3.23. The van der Waals surface area contributed by atoms with Crippen molar-refractivity contribution in [3.05, 3.63) is 47.8 Å². The van der Waals surface area contributed by atoms with Crippen LogP contribution in [0.25, 0.3) is 0 Å². The van der Waals surface area contributed by atoms with Gasteiger partial charge in [-0.1, -0.05) is 6.92 Å². The van der Waals surface area contributed by atoms with Crippen molar-refractivity contribution in [2.45, 2.75) is 39.2 Å². The van der Waals surface area contributed by atoms with Crippen molar-refractivity contribution in [3.63, 3.8) is 0 Å². The van der Waals surface area contributed by atoms with Gasteiger partial charge in [0.25, 0.3) is 5.56 Å². The number of aromatic nitrogens is 2. The molecule has 27 heavy (non-hydrogen) atoms. The number of carbonyl (C=O) groups excluding carboxylic acids is 2. The molecule has 8 nitrogen and oxygen atoms in total. The third-order valence-electron chi connectivity index (χ3n) is 4.59. The summed E-state index contributed by atoms with van der Waals surface area (Å²) < 4.78 is 7.11. The van der Waals surface area contributed by atoms with E-state index in [1.807, 2.05) is 6.92 Å². The van der Waals surface area contributed by atoms with Crippen molar-refractivity contribution in [2.24, 2.45) is 7.05 Å². The normalized spacial score (nSPS) is 12.8. The smallest absolute Gasteiger partial charge is 0.348 e. The molecule has 2 N–H and O–H groups in total. The molecular formula is C18H21N3O5S. The predicted octanol–water partition coefficient (Wildman–Crippen LogP) is 1.13. The van der Waals surface area contributed by atoms with E-state index >= 15 is 0 Å². The summed E-state index contributed by atoms with van der Waals surface area (Å²) in [7, 11) is 1.28. The number of rotatable bonds is 6. The summed E-state index contributed by atoms with van der Waals surface area (Å²) in [5.74, 6) is -1.52. The molecule has 0 atom stereocenters. The maximum absolute atomic E-state index is 12.5. The van der Waals surface area contributed by atoms with Crippen LogP contribution in [0.5, 0.6) is 0 Å².